The summed E-state index contributed by atoms with van der Waals surface area (Å²) in [7, 11) is 0. The Balaban J connectivity index is 2.47. The highest BCUT2D eigenvalue weighted by Gasteiger charge is 2.09. The number of amides is 1. The second-order valence-corrected chi connectivity index (χ2v) is 3.36. The van der Waals surface area contributed by atoms with Crippen molar-refractivity contribution in [2.45, 2.75) is 26.3 Å². The SMILES string of the molecule is CCOC(=O)NNC(CC)c1ccccc1. The van der Waals surface area contributed by atoms with Crippen LogP contribution >= 0.6 is 0 Å². The van der Waals surface area contributed by atoms with Crippen molar-refractivity contribution >= 4 is 6.09 Å². The second-order valence-electron chi connectivity index (χ2n) is 3.36. The fourth-order valence-electron chi connectivity index (χ4n) is 1.42. The lowest BCUT2D eigenvalue weighted by Crippen LogP contribution is -2.40. The standard InChI is InChI=1S/C12H18N2O2/c1-3-11(10-8-6-5-7-9-10)13-14-12(15)16-4-2/h5-9,11,13H,3-4H2,1-2H3,(H,14,15). The van der Waals surface area contributed by atoms with Crippen LogP contribution in [0.5, 0.6) is 0 Å². The Hall–Kier alpha value is -1.55. The van der Waals surface area contributed by atoms with E-state index in [-0.39, 0.29) is 6.04 Å². The summed E-state index contributed by atoms with van der Waals surface area (Å²) >= 11 is 0. The minimum Gasteiger partial charge on any atom is -0.449 e. The van der Waals surface area contributed by atoms with E-state index in [9.17, 15) is 4.79 Å². The van der Waals surface area contributed by atoms with Crippen molar-refractivity contribution in [1.82, 2.24) is 10.9 Å². The zero-order valence-electron chi connectivity index (χ0n) is 9.69. The van der Waals surface area contributed by atoms with E-state index in [1.54, 1.807) is 6.92 Å². The van der Waals surface area contributed by atoms with Gasteiger partial charge in [-0.05, 0) is 18.9 Å². The molecule has 0 spiro atoms. The molecule has 2 N–H and O–H groups in total. The Kier molecular flexibility index (Phi) is 5.36. The molecular formula is C12H18N2O2. The summed E-state index contributed by atoms with van der Waals surface area (Å²) in [6, 6.07) is 10.1. The van der Waals surface area contributed by atoms with Crippen LogP contribution in [0.3, 0.4) is 0 Å². The maximum atomic E-state index is 11.1. The molecule has 1 aromatic carbocycles. The van der Waals surface area contributed by atoms with Crippen molar-refractivity contribution in [2.75, 3.05) is 6.61 Å². The molecule has 0 radical (unpaired) electrons. The van der Waals surface area contributed by atoms with Gasteiger partial charge in [0.1, 0.15) is 0 Å². The van der Waals surface area contributed by atoms with Crippen molar-refractivity contribution in [2.24, 2.45) is 0 Å². The minimum atomic E-state index is -0.447. The summed E-state index contributed by atoms with van der Waals surface area (Å²) in [6.45, 7) is 4.20. The van der Waals surface area contributed by atoms with Gasteiger partial charge in [-0.1, -0.05) is 37.3 Å². The molecule has 1 atom stereocenters. The van der Waals surface area contributed by atoms with Crippen LogP contribution in [0.25, 0.3) is 0 Å². The zero-order chi connectivity index (χ0) is 11.8. The maximum absolute atomic E-state index is 11.1. The molecule has 0 aliphatic rings. The number of hydrogen-bond donors (Lipinski definition) is 2. The molecular weight excluding hydrogens is 204 g/mol. The molecule has 0 aromatic heterocycles. The number of carbonyl (C=O) groups is 1. The number of carbonyl (C=O) groups excluding carboxylic acids is 1. The number of rotatable bonds is 5. The van der Waals surface area contributed by atoms with Crippen LogP contribution in [0.2, 0.25) is 0 Å². The number of benzene rings is 1. The largest absolute Gasteiger partial charge is 0.449 e. The van der Waals surface area contributed by atoms with Crippen LogP contribution in [-0.4, -0.2) is 12.7 Å². The highest BCUT2D eigenvalue weighted by atomic mass is 16.5. The number of hydrazine groups is 1. The first-order chi connectivity index (χ1) is 7.77. The molecule has 4 nitrogen and oxygen atoms in total. The highest BCUT2D eigenvalue weighted by Crippen LogP contribution is 2.14. The van der Waals surface area contributed by atoms with Gasteiger partial charge >= 0.3 is 6.09 Å². The fourth-order valence-corrected chi connectivity index (χ4v) is 1.42. The third-order valence-electron chi connectivity index (χ3n) is 2.23. The Morgan fingerprint density at radius 3 is 2.56 bits per heavy atom. The Morgan fingerprint density at radius 2 is 2.00 bits per heavy atom. The molecule has 0 saturated carbocycles. The topological polar surface area (TPSA) is 50.4 Å². The molecule has 0 aliphatic carbocycles. The maximum Gasteiger partial charge on any atom is 0.421 e. The number of nitrogens with one attached hydrogen (secondary N) is 2. The molecule has 0 heterocycles. The predicted molar refractivity (Wildman–Crippen MR) is 62.8 cm³/mol. The zero-order valence-corrected chi connectivity index (χ0v) is 9.69. The Bertz CT molecular complexity index is 314. The summed E-state index contributed by atoms with van der Waals surface area (Å²) in [6.07, 6.45) is 0.438. The van der Waals surface area contributed by atoms with Crippen LogP contribution in [0.15, 0.2) is 30.3 Å². The molecule has 4 heteroatoms. The normalized spacial score (nSPS) is 11.9. The molecule has 1 aromatic rings. The van der Waals surface area contributed by atoms with Crippen LogP contribution in [0.1, 0.15) is 31.9 Å². The molecule has 88 valence electrons. The average molecular weight is 222 g/mol. The molecule has 0 bridgehead atoms. The first kappa shape index (κ1) is 12.5. The van der Waals surface area contributed by atoms with Gasteiger partial charge in [-0.3, -0.25) is 5.43 Å². The van der Waals surface area contributed by atoms with E-state index in [1.165, 1.54) is 0 Å². The van der Waals surface area contributed by atoms with E-state index in [1.807, 2.05) is 30.3 Å². The molecule has 1 rings (SSSR count). The quantitative estimate of drug-likeness (QED) is 0.752. The van der Waals surface area contributed by atoms with E-state index in [0.717, 1.165) is 12.0 Å². The van der Waals surface area contributed by atoms with Crippen molar-refractivity contribution in [1.29, 1.82) is 0 Å². The highest BCUT2D eigenvalue weighted by molar-refractivity contribution is 5.66. The van der Waals surface area contributed by atoms with E-state index in [0.29, 0.717) is 6.61 Å². The Labute approximate surface area is 96.0 Å². The molecule has 1 amide bonds. The van der Waals surface area contributed by atoms with Gasteiger partial charge in [0.05, 0.1) is 12.6 Å². The molecule has 16 heavy (non-hydrogen) atoms. The van der Waals surface area contributed by atoms with Crippen LogP contribution < -0.4 is 10.9 Å². The van der Waals surface area contributed by atoms with Crippen molar-refractivity contribution in [3.8, 4) is 0 Å². The van der Waals surface area contributed by atoms with Gasteiger partial charge < -0.3 is 4.74 Å². The Morgan fingerprint density at radius 1 is 1.31 bits per heavy atom. The van der Waals surface area contributed by atoms with E-state index >= 15 is 0 Å². The lowest BCUT2D eigenvalue weighted by molar-refractivity contribution is 0.144. The smallest absolute Gasteiger partial charge is 0.421 e. The molecule has 0 fully saturated rings. The average Bonchev–Trinajstić information content (AvgIpc) is 2.31. The van der Waals surface area contributed by atoms with Gasteiger partial charge in [-0.15, -0.1) is 0 Å². The van der Waals surface area contributed by atoms with Gasteiger partial charge in [0, 0.05) is 0 Å². The predicted octanol–water partition coefficient (Wildman–Crippen LogP) is 2.39. The summed E-state index contributed by atoms with van der Waals surface area (Å²) in [5.74, 6) is 0. The summed E-state index contributed by atoms with van der Waals surface area (Å²) in [5, 5.41) is 0. The third-order valence-corrected chi connectivity index (χ3v) is 2.23. The van der Waals surface area contributed by atoms with Crippen molar-refractivity contribution < 1.29 is 9.53 Å². The van der Waals surface area contributed by atoms with Crippen LogP contribution in [0.4, 0.5) is 4.79 Å². The summed E-state index contributed by atoms with van der Waals surface area (Å²) in [5.41, 5.74) is 6.61. The molecule has 0 aliphatic heterocycles. The lowest BCUT2D eigenvalue weighted by atomic mass is 10.1. The van der Waals surface area contributed by atoms with E-state index in [4.69, 9.17) is 4.74 Å². The van der Waals surface area contributed by atoms with Crippen molar-refractivity contribution in [3.05, 3.63) is 35.9 Å². The van der Waals surface area contributed by atoms with Gasteiger partial charge in [-0.25, -0.2) is 10.2 Å². The molecule has 0 saturated heterocycles. The lowest BCUT2D eigenvalue weighted by Gasteiger charge is -2.17. The number of hydrogen-bond acceptors (Lipinski definition) is 3. The van der Waals surface area contributed by atoms with E-state index in [2.05, 4.69) is 17.8 Å². The first-order valence-corrected chi connectivity index (χ1v) is 5.51. The summed E-state index contributed by atoms with van der Waals surface area (Å²) < 4.78 is 4.76. The third kappa shape index (κ3) is 3.90. The van der Waals surface area contributed by atoms with Crippen molar-refractivity contribution in [3.63, 3.8) is 0 Å². The second kappa shape index (κ2) is 6.85. The minimum absolute atomic E-state index is 0.102. The van der Waals surface area contributed by atoms with Gasteiger partial charge in [-0.2, -0.15) is 0 Å². The first-order valence-electron chi connectivity index (χ1n) is 5.51. The van der Waals surface area contributed by atoms with Gasteiger partial charge in [0.15, 0.2) is 0 Å². The molecule has 1 unspecified atom stereocenters. The van der Waals surface area contributed by atoms with E-state index < -0.39 is 6.09 Å². The summed E-state index contributed by atoms with van der Waals surface area (Å²) in [4.78, 5) is 11.1. The van der Waals surface area contributed by atoms with Crippen LogP contribution in [0, 0.1) is 0 Å². The van der Waals surface area contributed by atoms with Gasteiger partial charge in [0.2, 0.25) is 0 Å². The van der Waals surface area contributed by atoms with Crippen LogP contribution in [-0.2, 0) is 4.74 Å². The van der Waals surface area contributed by atoms with Gasteiger partial charge in [0.25, 0.3) is 0 Å². The monoisotopic (exact) mass is 222 g/mol. The number of ether oxygens (including phenoxy) is 1. The fraction of sp³-hybridized carbons (Fsp3) is 0.417.